The monoisotopic (exact) mass is 555 g/mol. The normalized spacial score (nSPS) is 13.5. The van der Waals surface area contributed by atoms with Crippen LogP contribution in [0.1, 0.15) is 24.0 Å². The van der Waals surface area contributed by atoms with E-state index in [4.69, 9.17) is 16.3 Å². The van der Waals surface area contributed by atoms with Gasteiger partial charge in [0.25, 0.3) is 0 Å². The predicted octanol–water partition coefficient (Wildman–Crippen LogP) is 4.34. The van der Waals surface area contributed by atoms with Crippen molar-refractivity contribution in [1.29, 1.82) is 0 Å². The maximum absolute atomic E-state index is 13.5. The van der Waals surface area contributed by atoms with Gasteiger partial charge in [-0.3, -0.25) is 9.59 Å². The van der Waals surface area contributed by atoms with Gasteiger partial charge in [0.15, 0.2) is 0 Å². The lowest BCUT2D eigenvalue weighted by atomic mass is 10.1. The number of methoxy groups -OCH3 is 1. The number of rotatable bonds is 10. The standard InChI is InChI=1S/C28H30ClN3O5S/c1-37-26-14-13-24(18-25(26)29)38(35,36)32(19-22-7-3-2-4-8-22)20-27(33)30-23-11-9-21(10-12-23)17-28(34)31-15-5-6-16-31/h2-4,7-14,18H,5-6,15-17,19-20H2,1H3,(H,30,33). The van der Waals surface area contributed by atoms with Crippen LogP contribution in [0.4, 0.5) is 5.69 Å². The summed E-state index contributed by atoms with van der Waals surface area (Å²) in [7, 11) is -2.63. The Kier molecular flexibility index (Phi) is 9.04. The van der Waals surface area contributed by atoms with Crippen molar-refractivity contribution >= 4 is 39.1 Å². The Morgan fingerprint density at radius 1 is 0.974 bits per heavy atom. The number of hydrogen-bond donors (Lipinski definition) is 1. The van der Waals surface area contributed by atoms with Gasteiger partial charge in [0.05, 0.1) is 30.0 Å². The minimum Gasteiger partial charge on any atom is -0.495 e. The molecular weight excluding hydrogens is 526 g/mol. The van der Waals surface area contributed by atoms with Gasteiger partial charge in [-0.1, -0.05) is 54.1 Å². The van der Waals surface area contributed by atoms with Crippen LogP contribution in [-0.4, -0.2) is 56.2 Å². The second-order valence-corrected chi connectivity index (χ2v) is 11.4. The third-order valence-corrected chi connectivity index (χ3v) is 8.42. The van der Waals surface area contributed by atoms with E-state index in [0.29, 0.717) is 17.9 Å². The van der Waals surface area contributed by atoms with Crippen molar-refractivity contribution in [2.45, 2.75) is 30.7 Å². The molecule has 2 amide bonds. The van der Waals surface area contributed by atoms with E-state index in [1.54, 1.807) is 48.5 Å². The summed E-state index contributed by atoms with van der Waals surface area (Å²) in [6, 6.07) is 20.2. The molecule has 0 spiro atoms. The predicted molar refractivity (Wildman–Crippen MR) is 147 cm³/mol. The lowest BCUT2D eigenvalue weighted by Crippen LogP contribution is -2.37. The number of amides is 2. The second kappa shape index (κ2) is 12.4. The number of anilines is 1. The molecular formula is C28H30ClN3O5S. The number of nitrogens with zero attached hydrogens (tertiary/aromatic N) is 2. The zero-order chi connectivity index (χ0) is 27.1. The fourth-order valence-corrected chi connectivity index (χ4v) is 6.02. The maximum Gasteiger partial charge on any atom is 0.243 e. The van der Waals surface area contributed by atoms with Crippen molar-refractivity contribution in [3.05, 3.63) is 88.9 Å². The molecule has 0 unspecified atom stereocenters. The number of ether oxygens (including phenoxy) is 1. The van der Waals surface area contributed by atoms with Crippen LogP contribution in [0.2, 0.25) is 5.02 Å². The van der Waals surface area contributed by atoms with Gasteiger partial charge in [-0.25, -0.2) is 8.42 Å². The summed E-state index contributed by atoms with van der Waals surface area (Å²) in [6.45, 7) is 1.20. The molecule has 200 valence electrons. The molecule has 0 aliphatic carbocycles. The summed E-state index contributed by atoms with van der Waals surface area (Å²) < 4.78 is 33.3. The van der Waals surface area contributed by atoms with Gasteiger partial charge in [-0.05, 0) is 54.3 Å². The van der Waals surface area contributed by atoms with Crippen LogP contribution in [0.3, 0.4) is 0 Å². The first kappa shape index (κ1) is 27.6. The van der Waals surface area contributed by atoms with Crippen molar-refractivity contribution in [3.63, 3.8) is 0 Å². The van der Waals surface area contributed by atoms with Gasteiger partial charge < -0.3 is 15.0 Å². The summed E-state index contributed by atoms with van der Waals surface area (Å²) in [6.07, 6.45) is 2.39. The Morgan fingerprint density at radius 2 is 1.66 bits per heavy atom. The molecule has 4 rings (SSSR count). The third-order valence-electron chi connectivity index (χ3n) is 6.33. The van der Waals surface area contributed by atoms with Gasteiger partial charge in [-0.15, -0.1) is 0 Å². The number of hydrogen-bond acceptors (Lipinski definition) is 5. The van der Waals surface area contributed by atoms with Gasteiger partial charge in [0.2, 0.25) is 21.8 Å². The van der Waals surface area contributed by atoms with E-state index in [1.165, 1.54) is 25.3 Å². The number of carbonyl (C=O) groups excluding carboxylic acids is 2. The first-order valence-corrected chi connectivity index (χ1v) is 14.1. The molecule has 0 bridgehead atoms. The molecule has 1 fully saturated rings. The molecule has 0 atom stereocenters. The number of nitrogens with one attached hydrogen (secondary N) is 1. The molecule has 0 saturated carbocycles. The highest BCUT2D eigenvalue weighted by Gasteiger charge is 2.28. The number of halogens is 1. The minimum absolute atomic E-state index is 0.00219. The van der Waals surface area contributed by atoms with Crippen LogP contribution in [0.5, 0.6) is 5.75 Å². The zero-order valence-electron chi connectivity index (χ0n) is 21.1. The largest absolute Gasteiger partial charge is 0.495 e. The maximum atomic E-state index is 13.5. The van der Waals surface area contributed by atoms with Crippen LogP contribution in [0.15, 0.2) is 77.7 Å². The minimum atomic E-state index is -4.07. The molecule has 10 heteroatoms. The van der Waals surface area contributed by atoms with E-state index < -0.39 is 22.5 Å². The second-order valence-electron chi connectivity index (χ2n) is 9.06. The molecule has 38 heavy (non-hydrogen) atoms. The molecule has 1 N–H and O–H groups in total. The summed E-state index contributed by atoms with van der Waals surface area (Å²) in [4.78, 5) is 27.2. The van der Waals surface area contributed by atoms with E-state index in [2.05, 4.69) is 5.32 Å². The van der Waals surface area contributed by atoms with Gasteiger partial charge in [0.1, 0.15) is 5.75 Å². The van der Waals surface area contributed by atoms with Crippen molar-refractivity contribution in [2.24, 2.45) is 0 Å². The Labute approximate surface area is 228 Å². The Hall–Kier alpha value is -3.40. The van der Waals surface area contributed by atoms with E-state index in [0.717, 1.165) is 41.4 Å². The average Bonchev–Trinajstić information content (AvgIpc) is 3.45. The summed E-state index contributed by atoms with van der Waals surface area (Å²) in [5.41, 5.74) is 2.09. The van der Waals surface area contributed by atoms with Crippen molar-refractivity contribution in [1.82, 2.24) is 9.21 Å². The number of benzene rings is 3. The SMILES string of the molecule is COc1ccc(S(=O)(=O)N(CC(=O)Nc2ccc(CC(=O)N3CCCC3)cc2)Cc2ccccc2)cc1Cl. The number of sulfonamides is 1. The highest BCUT2D eigenvalue weighted by Crippen LogP contribution is 2.29. The molecule has 3 aromatic carbocycles. The van der Waals surface area contributed by atoms with Gasteiger partial charge in [0, 0.05) is 25.3 Å². The van der Waals surface area contributed by atoms with Crippen molar-refractivity contribution in [2.75, 3.05) is 32.1 Å². The average molecular weight is 556 g/mol. The number of carbonyl (C=O) groups is 2. The molecule has 0 aromatic heterocycles. The Balaban J connectivity index is 1.47. The molecule has 0 radical (unpaired) electrons. The van der Waals surface area contributed by atoms with Crippen LogP contribution in [-0.2, 0) is 32.6 Å². The highest BCUT2D eigenvalue weighted by atomic mass is 35.5. The molecule has 1 heterocycles. The highest BCUT2D eigenvalue weighted by molar-refractivity contribution is 7.89. The molecule has 1 aliphatic rings. The topological polar surface area (TPSA) is 96.0 Å². The van der Waals surface area contributed by atoms with E-state index in [-0.39, 0.29) is 22.4 Å². The summed E-state index contributed by atoms with van der Waals surface area (Å²) in [5, 5.41) is 2.91. The molecule has 1 aliphatic heterocycles. The van der Waals surface area contributed by atoms with E-state index >= 15 is 0 Å². The Morgan fingerprint density at radius 3 is 2.29 bits per heavy atom. The number of likely N-dealkylation sites (tertiary alicyclic amines) is 1. The molecule has 8 nitrogen and oxygen atoms in total. The van der Waals surface area contributed by atoms with Crippen LogP contribution in [0.25, 0.3) is 0 Å². The fraction of sp³-hybridized carbons (Fsp3) is 0.286. The first-order chi connectivity index (χ1) is 18.3. The fourth-order valence-electron chi connectivity index (χ4n) is 4.29. The third kappa shape index (κ3) is 6.92. The lowest BCUT2D eigenvalue weighted by molar-refractivity contribution is -0.129. The molecule has 1 saturated heterocycles. The summed E-state index contributed by atoms with van der Waals surface area (Å²) in [5.74, 6) is -0.0479. The molecule has 3 aromatic rings. The first-order valence-electron chi connectivity index (χ1n) is 12.3. The Bertz CT molecular complexity index is 1380. The smallest absolute Gasteiger partial charge is 0.243 e. The van der Waals surface area contributed by atoms with E-state index in [9.17, 15) is 18.0 Å². The quantitative estimate of drug-likeness (QED) is 0.401. The lowest BCUT2D eigenvalue weighted by Gasteiger charge is -2.22. The van der Waals surface area contributed by atoms with Gasteiger partial charge >= 0.3 is 0 Å². The summed E-state index contributed by atoms with van der Waals surface area (Å²) >= 11 is 6.18. The van der Waals surface area contributed by atoms with Crippen molar-refractivity contribution in [3.8, 4) is 5.75 Å². The zero-order valence-corrected chi connectivity index (χ0v) is 22.7. The van der Waals surface area contributed by atoms with E-state index in [1.807, 2.05) is 11.0 Å². The van der Waals surface area contributed by atoms with Crippen LogP contribution < -0.4 is 10.1 Å². The van der Waals surface area contributed by atoms with Crippen LogP contribution >= 0.6 is 11.6 Å². The van der Waals surface area contributed by atoms with Crippen LogP contribution in [0, 0.1) is 0 Å². The van der Waals surface area contributed by atoms with Gasteiger partial charge in [-0.2, -0.15) is 4.31 Å². The van der Waals surface area contributed by atoms with Crippen molar-refractivity contribution < 1.29 is 22.7 Å².